The van der Waals surface area contributed by atoms with Gasteiger partial charge < -0.3 is 30.5 Å². The lowest BCUT2D eigenvalue weighted by Gasteiger charge is -2.27. The van der Waals surface area contributed by atoms with Crippen molar-refractivity contribution in [3.63, 3.8) is 0 Å². The van der Waals surface area contributed by atoms with Crippen molar-refractivity contribution >= 4 is 46.4 Å². The smallest absolute Gasteiger partial charge is 0.407 e. The Balaban J connectivity index is 1.41. The van der Waals surface area contributed by atoms with Crippen LogP contribution in [0.2, 0.25) is 5.02 Å². The molecule has 1 aliphatic heterocycles. The monoisotopic (exact) mass is 670 g/mol. The van der Waals surface area contributed by atoms with Crippen molar-refractivity contribution in [1.82, 2.24) is 15.2 Å². The maximum Gasteiger partial charge on any atom is 0.407 e. The molecule has 4 N–H and O–H groups in total. The predicted molar refractivity (Wildman–Crippen MR) is 179 cm³/mol. The van der Waals surface area contributed by atoms with Gasteiger partial charge in [0.2, 0.25) is 11.8 Å². The molecule has 1 aliphatic carbocycles. The van der Waals surface area contributed by atoms with Crippen LogP contribution in [-0.2, 0) is 25.5 Å². The summed E-state index contributed by atoms with van der Waals surface area (Å²) in [5.41, 5.74) is 7.20. The summed E-state index contributed by atoms with van der Waals surface area (Å²) in [5.74, 6) is -1.37. The molecule has 2 aromatic rings. The topological polar surface area (TPSA) is 161 Å². The van der Waals surface area contributed by atoms with Gasteiger partial charge in [-0.3, -0.25) is 19.4 Å². The molecule has 47 heavy (non-hydrogen) atoms. The number of carboxylic acids is 1. The van der Waals surface area contributed by atoms with E-state index in [2.05, 4.69) is 17.2 Å². The lowest BCUT2D eigenvalue weighted by Crippen LogP contribution is -2.53. The average Bonchev–Trinajstić information content (AvgIpc) is 3.71. The number of amides is 3. The highest BCUT2D eigenvalue weighted by Gasteiger charge is 2.43. The molecule has 3 unspecified atom stereocenters. The van der Waals surface area contributed by atoms with Crippen molar-refractivity contribution in [2.24, 2.45) is 17.6 Å². The van der Waals surface area contributed by atoms with Crippen LogP contribution in [0.25, 0.3) is 10.9 Å². The van der Waals surface area contributed by atoms with Gasteiger partial charge in [-0.2, -0.15) is 0 Å². The third kappa shape index (κ3) is 10.1. The molecule has 3 amide bonds. The number of benzene rings is 1. The summed E-state index contributed by atoms with van der Waals surface area (Å²) in [6.45, 7) is 4.41. The second-order valence-electron chi connectivity index (χ2n) is 12.4. The summed E-state index contributed by atoms with van der Waals surface area (Å²) >= 11 is 6.44. The first-order valence-corrected chi connectivity index (χ1v) is 17.2. The van der Waals surface area contributed by atoms with Gasteiger partial charge in [-0.15, -0.1) is 0 Å². The number of hydrogen-bond acceptors (Lipinski definition) is 7. The lowest BCUT2D eigenvalue weighted by atomic mass is 10.0. The van der Waals surface area contributed by atoms with Crippen molar-refractivity contribution in [2.45, 2.75) is 103 Å². The third-order valence-electron chi connectivity index (χ3n) is 8.81. The van der Waals surface area contributed by atoms with Crippen molar-refractivity contribution in [3.8, 4) is 5.75 Å². The summed E-state index contributed by atoms with van der Waals surface area (Å²) in [6, 6.07) is 5.50. The maximum absolute atomic E-state index is 14.0. The summed E-state index contributed by atoms with van der Waals surface area (Å²) < 4.78 is 11.8. The van der Waals surface area contributed by atoms with E-state index < -0.39 is 42.1 Å². The van der Waals surface area contributed by atoms with Crippen LogP contribution in [0.3, 0.4) is 0 Å². The zero-order chi connectivity index (χ0) is 33.9. The van der Waals surface area contributed by atoms with Gasteiger partial charge >= 0.3 is 12.1 Å². The third-order valence-corrected chi connectivity index (χ3v) is 9.12. The van der Waals surface area contributed by atoms with E-state index in [0.29, 0.717) is 42.0 Å². The molecule has 0 spiro atoms. The fourth-order valence-electron chi connectivity index (χ4n) is 6.02. The number of nitrogens with two attached hydrogens (primary N) is 1. The number of halogens is 1. The maximum atomic E-state index is 14.0. The number of fused-ring (bicyclic) bond motifs is 1. The highest BCUT2D eigenvalue weighted by molar-refractivity contribution is 6.35. The van der Waals surface area contributed by atoms with E-state index in [-0.39, 0.29) is 31.4 Å². The standard InChI is InChI=1S/C35H47ClN4O7/c1-3-5-11-17-46-35(45)39-28(16-10-8-6-7-9-13-22-18-26(22)34(43)44)33(42)40-21-24(20-29(40)32(37)41)47-30-19-23(4-2)38-31-25(30)14-12-15-27(31)36/h9,12-15,19,22,24,26,28-29H,3-8,10-11,16-18,20-21H2,1-2H3,(H2,37,41)(H,39,45)(H,43,44)/b13-9-/t22?,24-,26?,28+,29?/m1/s1. The number of likely N-dealkylation sites (tertiary alicyclic amines) is 1. The number of para-hydroxylation sites is 1. The highest BCUT2D eigenvalue weighted by atomic mass is 35.5. The minimum Gasteiger partial charge on any atom is -0.488 e. The van der Waals surface area contributed by atoms with Crippen LogP contribution in [0.15, 0.2) is 36.4 Å². The number of aliphatic carboxylic acids is 1. The van der Waals surface area contributed by atoms with E-state index in [1.165, 1.54) is 4.90 Å². The second kappa shape index (κ2) is 17.3. The van der Waals surface area contributed by atoms with Crippen LogP contribution in [0.4, 0.5) is 4.79 Å². The molecule has 11 nitrogen and oxygen atoms in total. The Bertz CT molecular complexity index is 1450. The molecule has 4 rings (SSSR count). The lowest BCUT2D eigenvalue weighted by molar-refractivity contribution is -0.139. The first kappa shape index (κ1) is 36.0. The van der Waals surface area contributed by atoms with Gasteiger partial charge in [-0.1, -0.05) is 69.4 Å². The second-order valence-corrected chi connectivity index (χ2v) is 12.8. The average molecular weight is 671 g/mol. The number of allylic oxidation sites excluding steroid dienone is 2. The first-order chi connectivity index (χ1) is 22.6. The zero-order valence-corrected chi connectivity index (χ0v) is 28.0. The largest absolute Gasteiger partial charge is 0.488 e. The van der Waals surface area contributed by atoms with Crippen LogP contribution in [-0.4, -0.2) is 70.2 Å². The molecule has 1 aromatic carbocycles. The Labute approximate surface area is 281 Å². The van der Waals surface area contributed by atoms with Gasteiger partial charge in [0.1, 0.15) is 23.9 Å². The van der Waals surface area contributed by atoms with Crippen molar-refractivity contribution in [3.05, 3.63) is 47.1 Å². The first-order valence-electron chi connectivity index (χ1n) is 16.8. The van der Waals surface area contributed by atoms with E-state index in [9.17, 15) is 19.2 Å². The van der Waals surface area contributed by atoms with Gasteiger partial charge in [0.05, 0.1) is 29.6 Å². The number of rotatable bonds is 18. The van der Waals surface area contributed by atoms with E-state index in [1.54, 1.807) is 6.07 Å². The van der Waals surface area contributed by atoms with Crippen molar-refractivity contribution in [1.29, 1.82) is 0 Å². The number of carboxylic acid groups (broad SMARTS) is 1. The summed E-state index contributed by atoms with van der Waals surface area (Å²) in [7, 11) is 0. The highest BCUT2D eigenvalue weighted by Crippen LogP contribution is 2.39. The molecule has 5 atom stereocenters. The minimum atomic E-state index is -0.903. The summed E-state index contributed by atoms with van der Waals surface area (Å²) in [4.78, 5) is 56.3. The van der Waals surface area contributed by atoms with Gasteiger partial charge in [-0.05, 0) is 56.6 Å². The molecule has 0 bridgehead atoms. The Morgan fingerprint density at radius 1 is 1.15 bits per heavy atom. The fraction of sp³-hybridized carbons (Fsp3) is 0.571. The Kier molecular flexibility index (Phi) is 13.3. The summed E-state index contributed by atoms with van der Waals surface area (Å²) in [6.07, 6.45) is 10.5. The molecule has 1 saturated carbocycles. The Morgan fingerprint density at radius 2 is 1.96 bits per heavy atom. The molecule has 0 radical (unpaired) electrons. The number of ether oxygens (including phenoxy) is 2. The number of carbonyl (C=O) groups excluding carboxylic acids is 3. The Hall–Kier alpha value is -3.86. The van der Waals surface area contributed by atoms with Crippen molar-refractivity contribution < 1.29 is 33.8 Å². The predicted octanol–water partition coefficient (Wildman–Crippen LogP) is 5.80. The van der Waals surface area contributed by atoms with Gasteiger partial charge in [0.15, 0.2) is 0 Å². The SMILES string of the molecule is CCCCCOC(=O)N[C@@H](CCCCC/C=C\C1CC1C(=O)O)C(=O)N1C[C@H](Oc2cc(CC)nc3c(Cl)cccc23)CC1C(N)=O. The molecule has 2 heterocycles. The van der Waals surface area contributed by atoms with E-state index >= 15 is 0 Å². The van der Waals surface area contributed by atoms with Crippen LogP contribution < -0.4 is 15.8 Å². The number of carbonyl (C=O) groups is 4. The molecule has 2 fully saturated rings. The number of nitrogens with zero attached hydrogens (tertiary/aromatic N) is 2. The number of nitrogens with one attached hydrogen (secondary N) is 1. The number of alkyl carbamates (subject to hydrolysis) is 1. The Morgan fingerprint density at radius 3 is 2.66 bits per heavy atom. The summed E-state index contributed by atoms with van der Waals surface area (Å²) in [5, 5.41) is 13.0. The molecular formula is C35H47ClN4O7. The van der Waals surface area contributed by atoms with Crippen LogP contribution >= 0.6 is 11.6 Å². The number of pyridine rings is 1. The molecule has 256 valence electrons. The molecule has 2 aliphatic rings. The zero-order valence-electron chi connectivity index (χ0n) is 27.3. The molecule has 12 heteroatoms. The normalized spacial score (nSPS) is 21.1. The molecule has 1 saturated heterocycles. The number of unbranched alkanes of at least 4 members (excludes halogenated alkanes) is 5. The quantitative estimate of drug-likeness (QED) is 0.133. The number of primary amides is 1. The molecular weight excluding hydrogens is 624 g/mol. The van der Waals surface area contributed by atoms with Gasteiger partial charge in [-0.25, -0.2) is 4.79 Å². The number of aryl methyl sites for hydroxylation is 1. The van der Waals surface area contributed by atoms with Gasteiger partial charge in [0.25, 0.3) is 0 Å². The van der Waals surface area contributed by atoms with E-state index in [4.69, 9.17) is 31.9 Å². The van der Waals surface area contributed by atoms with E-state index in [0.717, 1.165) is 49.6 Å². The van der Waals surface area contributed by atoms with E-state index in [1.807, 2.05) is 37.3 Å². The van der Waals surface area contributed by atoms with Crippen molar-refractivity contribution in [2.75, 3.05) is 13.2 Å². The van der Waals surface area contributed by atoms with Crippen LogP contribution in [0, 0.1) is 11.8 Å². The fourth-order valence-corrected chi connectivity index (χ4v) is 6.23. The van der Waals surface area contributed by atoms with Crippen LogP contribution in [0.1, 0.15) is 83.7 Å². The minimum absolute atomic E-state index is 0.116. The van der Waals surface area contributed by atoms with Gasteiger partial charge in [0, 0.05) is 23.6 Å². The number of hydrogen-bond donors (Lipinski definition) is 3. The van der Waals surface area contributed by atoms with Crippen LogP contribution in [0.5, 0.6) is 5.75 Å². The number of aromatic nitrogens is 1. The molecule has 1 aromatic heterocycles.